The minimum absolute atomic E-state index is 0.251. The third-order valence-electron chi connectivity index (χ3n) is 4.39. The number of carbonyl (C=O) groups is 1. The monoisotopic (exact) mass is 418 g/mol. The maximum absolute atomic E-state index is 13.0. The van der Waals surface area contributed by atoms with E-state index in [4.69, 9.17) is 0 Å². The van der Waals surface area contributed by atoms with Crippen molar-refractivity contribution >= 4 is 42.7 Å². The zero-order valence-electron chi connectivity index (χ0n) is 12.7. The fourth-order valence-corrected chi connectivity index (χ4v) is 4.67. The average molecular weight is 419 g/mol. The van der Waals surface area contributed by atoms with E-state index in [9.17, 15) is 22.6 Å². The van der Waals surface area contributed by atoms with E-state index < -0.39 is 26.4 Å². The van der Waals surface area contributed by atoms with Gasteiger partial charge in [-0.15, -0.1) is 0 Å². The summed E-state index contributed by atoms with van der Waals surface area (Å²) in [6.07, 6.45) is 0. The van der Waals surface area contributed by atoms with Gasteiger partial charge in [-0.25, -0.2) is 8.42 Å². The van der Waals surface area contributed by atoms with Gasteiger partial charge in [0.05, 0.1) is 11.1 Å². The molecule has 1 aromatic heterocycles. The average Bonchev–Trinajstić information content (AvgIpc) is 2.55. The Morgan fingerprint density at radius 3 is 2.28 bits per heavy atom. The van der Waals surface area contributed by atoms with Crippen molar-refractivity contribution in [2.75, 3.05) is 0 Å². The molecule has 0 atom stereocenters. The van der Waals surface area contributed by atoms with Crippen molar-refractivity contribution in [3.63, 3.8) is 0 Å². The van der Waals surface area contributed by atoms with Crippen molar-refractivity contribution in [2.24, 2.45) is 7.05 Å². The summed E-state index contributed by atoms with van der Waals surface area (Å²) < 4.78 is 37.0. The third-order valence-corrected chi connectivity index (χ3v) is 5.93. The van der Waals surface area contributed by atoms with Crippen LogP contribution < -0.4 is 5.56 Å². The van der Waals surface area contributed by atoms with E-state index in [2.05, 4.69) is 15.9 Å². The number of halogens is 1. The van der Waals surface area contributed by atoms with Gasteiger partial charge < -0.3 is 9.12 Å². The summed E-state index contributed by atoms with van der Waals surface area (Å²) in [6.45, 7) is 0. The number of carbonyl (C=O) groups excluding carboxylic acids is 1. The number of benzene rings is 2. The molecule has 0 aliphatic heterocycles. The van der Waals surface area contributed by atoms with Gasteiger partial charge in [-0.1, -0.05) is 40.2 Å². The number of ketones is 1. The third kappa shape index (κ3) is 2.08. The van der Waals surface area contributed by atoms with E-state index in [0.717, 1.165) is 4.57 Å². The number of hydrogen-bond donors (Lipinski definition) is 0. The van der Waals surface area contributed by atoms with Crippen LogP contribution in [-0.4, -0.2) is 23.3 Å². The molecule has 0 fully saturated rings. The van der Waals surface area contributed by atoms with Crippen molar-refractivity contribution < 1.29 is 17.8 Å². The molecule has 0 unspecified atom stereocenters. The normalized spacial score (nSPS) is 13.2. The molecule has 0 radical (unpaired) electrons. The van der Waals surface area contributed by atoms with Gasteiger partial charge in [-0.2, -0.15) is 0 Å². The van der Waals surface area contributed by atoms with Crippen LogP contribution in [0.15, 0.2) is 50.6 Å². The Hall–Kier alpha value is -2.29. The summed E-state index contributed by atoms with van der Waals surface area (Å²) in [5, 5.41) is 0.287. The van der Waals surface area contributed by atoms with Crippen LogP contribution in [-0.2, 0) is 17.2 Å². The number of pyridine rings is 1. The Balaban J connectivity index is 2.42. The molecule has 0 bridgehead atoms. The van der Waals surface area contributed by atoms with Crippen molar-refractivity contribution in [3.05, 3.63) is 62.4 Å². The first-order valence-electron chi connectivity index (χ1n) is 7.18. The first-order valence-corrected chi connectivity index (χ1v) is 9.39. The van der Waals surface area contributed by atoms with Crippen LogP contribution in [0.25, 0.3) is 22.0 Å². The van der Waals surface area contributed by atoms with E-state index in [-0.39, 0.29) is 16.5 Å². The topological polar surface area (TPSA) is 96.3 Å². The summed E-state index contributed by atoms with van der Waals surface area (Å²) in [5.74, 6) is -0.640. The highest BCUT2D eigenvalue weighted by molar-refractivity contribution is 9.10. The Morgan fingerprint density at radius 2 is 1.64 bits per heavy atom. The van der Waals surface area contributed by atoms with Crippen molar-refractivity contribution in [1.29, 1.82) is 0 Å². The molecular weight excluding hydrogens is 410 g/mol. The minimum Gasteiger partial charge on any atom is -0.744 e. The Bertz CT molecular complexity index is 1270. The van der Waals surface area contributed by atoms with Gasteiger partial charge in [-0.3, -0.25) is 9.59 Å². The van der Waals surface area contributed by atoms with Gasteiger partial charge in [0, 0.05) is 28.0 Å². The zero-order chi connectivity index (χ0) is 18.1. The van der Waals surface area contributed by atoms with E-state index in [1.54, 1.807) is 36.4 Å². The number of nitrogens with zero attached hydrogens (tertiary/aromatic N) is 1. The molecule has 0 saturated carbocycles. The Labute approximate surface area is 150 Å². The zero-order valence-corrected chi connectivity index (χ0v) is 15.1. The van der Waals surface area contributed by atoms with Crippen molar-refractivity contribution in [3.8, 4) is 11.1 Å². The van der Waals surface area contributed by atoms with Crippen molar-refractivity contribution in [2.45, 2.75) is 4.90 Å². The lowest BCUT2D eigenvalue weighted by Gasteiger charge is -2.24. The van der Waals surface area contributed by atoms with Gasteiger partial charge in [0.25, 0.3) is 5.56 Å². The maximum atomic E-state index is 13.0. The van der Waals surface area contributed by atoms with Crippen LogP contribution in [0.5, 0.6) is 0 Å². The molecule has 0 amide bonds. The number of hydrogen-bond acceptors (Lipinski definition) is 5. The highest BCUT2D eigenvalue weighted by Gasteiger charge is 2.33. The molecule has 126 valence electrons. The molecule has 0 spiro atoms. The number of rotatable bonds is 1. The molecule has 1 aliphatic rings. The minimum atomic E-state index is -5.14. The molecule has 8 heteroatoms. The smallest absolute Gasteiger partial charge is 0.269 e. The van der Waals surface area contributed by atoms with E-state index in [0.29, 0.717) is 21.1 Å². The standard InChI is InChI=1S/C17H10BrNO5S/c1-19-11-7-6-10(18)12-8-4-2-3-5-9(8)15(20)14(13(11)12)16(17(19)21)25(22,23)24/h2-7H,1H3,(H,22,23,24)/p-1. The van der Waals surface area contributed by atoms with Gasteiger partial charge in [0.2, 0.25) is 0 Å². The fourth-order valence-electron chi connectivity index (χ4n) is 3.33. The molecule has 1 aliphatic carbocycles. The number of aryl methyl sites for hydroxylation is 1. The summed E-state index contributed by atoms with van der Waals surface area (Å²) in [6, 6.07) is 10.0. The van der Waals surface area contributed by atoms with Crippen LogP contribution in [0.4, 0.5) is 0 Å². The first kappa shape index (κ1) is 16.2. The summed E-state index contributed by atoms with van der Waals surface area (Å²) in [7, 11) is -3.77. The van der Waals surface area contributed by atoms with Crippen LogP contribution in [0.1, 0.15) is 15.9 Å². The lowest BCUT2D eigenvalue weighted by Crippen LogP contribution is -2.29. The number of fused-ring (bicyclic) bond motifs is 2. The highest BCUT2D eigenvalue weighted by Crippen LogP contribution is 2.44. The largest absolute Gasteiger partial charge is 0.744 e. The highest BCUT2D eigenvalue weighted by atomic mass is 79.9. The molecule has 3 aromatic rings. The molecule has 6 nitrogen and oxygen atoms in total. The summed E-state index contributed by atoms with van der Waals surface area (Å²) in [5.41, 5.74) is 0.491. The van der Waals surface area contributed by atoms with Crippen LogP contribution in [0.3, 0.4) is 0 Å². The second-order valence-electron chi connectivity index (χ2n) is 5.71. The second kappa shape index (κ2) is 5.10. The van der Waals surface area contributed by atoms with Crippen LogP contribution >= 0.6 is 15.9 Å². The number of aromatic nitrogens is 1. The van der Waals surface area contributed by atoms with Crippen LogP contribution in [0.2, 0.25) is 0 Å². The van der Waals surface area contributed by atoms with Gasteiger partial charge >= 0.3 is 0 Å². The second-order valence-corrected chi connectivity index (χ2v) is 7.88. The molecule has 0 saturated heterocycles. The van der Waals surface area contributed by atoms with E-state index in [1.807, 2.05) is 0 Å². The molecule has 4 rings (SSSR count). The Morgan fingerprint density at radius 1 is 1.00 bits per heavy atom. The van der Waals surface area contributed by atoms with Gasteiger partial charge in [-0.05, 0) is 17.7 Å². The van der Waals surface area contributed by atoms with Gasteiger partial charge in [0.15, 0.2) is 5.78 Å². The lowest BCUT2D eigenvalue weighted by atomic mass is 9.84. The fraction of sp³-hybridized carbons (Fsp3) is 0.0588. The predicted molar refractivity (Wildman–Crippen MR) is 93.7 cm³/mol. The maximum Gasteiger partial charge on any atom is 0.269 e. The predicted octanol–water partition coefficient (Wildman–Crippen LogP) is 2.42. The molecule has 0 N–H and O–H groups in total. The molecule has 1 heterocycles. The molecule has 2 aromatic carbocycles. The quantitative estimate of drug-likeness (QED) is 0.442. The summed E-state index contributed by atoms with van der Waals surface area (Å²) in [4.78, 5) is 24.5. The first-order chi connectivity index (χ1) is 11.7. The van der Waals surface area contributed by atoms with Crippen molar-refractivity contribution in [1.82, 2.24) is 4.57 Å². The van der Waals surface area contributed by atoms with E-state index >= 15 is 0 Å². The lowest BCUT2D eigenvalue weighted by molar-refractivity contribution is 0.103. The SMILES string of the molecule is Cn1c(=O)c(S(=O)(=O)[O-])c2c3c(c(Br)ccc31)-c1ccccc1C2=O. The van der Waals surface area contributed by atoms with Gasteiger partial charge in [0.1, 0.15) is 15.0 Å². The summed E-state index contributed by atoms with van der Waals surface area (Å²) >= 11 is 3.43. The molecule has 25 heavy (non-hydrogen) atoms. The van der Waals surface area contributed by atoms with E-state index in [1.165, 1.54) is 7.05 Å². The molecular formula is C17H9BrNO5S-. The van der Waals surface area contributed by atoms with Crippen LogP contribution in [0, 0.1) is 0 Å². The Kier molecular flexibility index (Phi) is 3.31.